The Bertz CT molecular complexity index is 535. The average Bonchev–Trinajstić information content (AvgIpc) is 2.28. The molecule has 5 nitrogen and oxygen atoms in total. The van der Waals surface area contributed by atoms with Gasteiger partial charge < -0.3 is 5.73 Å². The smallest absolute Gasteiger partial charge is 0.201 e. The zero-order chi connectivity index (χ0) is 13.0. The largest absolute Gasteiger partial charge is 0.382 e. The van der Waals surface area contributed by atoms with E-state index in [0.29, 0.717) is 0 Å². The maximum Gasteiger partial charge on any atom is 0.201 e. The first-order valence-electron chi connectivity index (χ1n) is 4.19. The molecule has 88 valence electrons. The first-order chi connectivity index (χ1) is 7.97. The Labute approximate surface area is 100.0 Å². The fraction of sp³-hybridized carbons (Fsp3) is 0. The maximum atomic E-state index is 13.2. The van der Waals surface area contributed by atoms with Gasteiger partial charge in [0.15, 0.2) is 5.84 Å². The Hall–Kier alpha value is -2.20. The Morgan fingerprint density at radius 3 is 2.59 bits per heavy atom. The van der Waals surface area contributed by atoms with Crippen LogP contribution >= 0.6 is 11.6 Å². The van der Waals surface area contributed by atoms with E-state index in [0.717, 1.165) is 12.1 Å². The molecular formula is C9H6ClF2N5. The molecule has 1 aromatic rings. The number of rotatable bonds is 3. The SMILES string of the molecule is N#C/C(=N\Nc1c(F)ccc(F)c1Cl)C(=N)N. The quantitative estimate of drug-likeness (QED) is 0.333. The zero-order valence-corrected chi connectivity index (χ0v) is 9.02. The molecule has 0 aliphatic rings. The van der Waals surface area contributed by atoms with E-state index in [2.05, 4.69) is 10.5 Å². The summed E-state index contributed by atoms with van der Waals surface area (Å²) in [5, 5.41) is 18.3. The van der Waals surface area contributed by atoms with Gasteiger partial charge in [0.05, 0.1) is 0 Å². The van der Waals surface area contributed by atoms with Crippen LogP contribution in [0.15, 0.2) is 17.2 Å². The molecule has 0 saturated heterocycles. The summed E-state index contributed by atoms with van der Waals surface area (Å²) in [4.78, 5) is 0. The van der Waals surface area contributed by atoms with E-state index in [9.17, 15) is 8.78 Å². The number of halogens is 3. The molecule has 0 aromatic heterocycles. The maximum absolute atomic E-state index is 13.2. The predicted octanol–water partition coefficient (Wildman–Crippen LogP) is 1.85. The molecule has 17 heavy (non-hydrogen) atoms. The van der Waals surface area contributed by atoms with Crippen molar-refractivity contribution in [1.82, 2.24) is 0 Å². The summed E-state index contributed by atoms with van der Waals surface area (Å²) in [6.45, 7) is 0. The van der Waals surface area contributed by atoms with E-state index in [1.54, 1.807) is 0 Å². The molecule has 0 aliphatic heterocycles. The molecule has 4 N–H and O–H groups in total. The number of hydrogen-bond acceptors (Lipinski definition) is 4. The van der Waals surface area contributed by atoms with Crippen LogP contribution in [0.25, 0.3) is 0 Å². The molecule has 0 saturated carbocycles. The van der Waals surface area contributed by atoms with Gasteiger partial charge in [-0.1, -0.05) is 11.6 Å². The molecule has 1 aromatic carbocycles. The van der Waals surface area contributed by atoms with E-state index < -0.39 is 33.9 Å². The third-order valence-electron chi connectivity index (χ3n) is 1.68. The lowest BCUT2D eigenvalue weighted by Gasteiger charge is -2.05. The molecule has 0 spiro atoms. The molecule has 0 aliphatic carbocycles. The fourth-order valence-electron chi connectivity index (χ4n) is 0.887. The molecule has 0 amide bonds. The van der Waals surface area contributed by atoms with Gasteiger partial charge in [0.1, 0.15) is 28.4 Å². The Balaban J connectivity index is 3.09. The Kier molecular flexibility index (Phi) is 3.96. The van der Waals surface area contributed by atoms with Crippen molar-refractivity contribution in [3.8, 4) is 6.07 Å². The third-order valence-corrected chi connectivity index (χ3v) is 2.05. The summed E-state index contributed by atoms with van der Waals surface area (Å²) in [5.74, 6) is -2.29. The summed E-state index contributed by atoms with van der Waals surface area (Å²) < 4.78 is 26.2. The summed E-state index contributed by atoms with van der Waals surface area (Å²) in [6.07, 6.45) is 0. The first kappa shape index (κ1) is 12.9. The van der Waals surface area contributed by atoms with Gasteiger partial charge in [0.25, 0.3) is 0 Å². The van der Waals surface area contributed by atoms with Crippen LogP contribution < -0.4 is 11.2 Å². The van der Waals surface area contributed by atoms with E-state index in [-0.39, 0.29) is 0 Å². The minimum atomic E-state index is -0.846. The molecule has 0 bridgehead atoms. The van der Waals surface area contributed by atoms with Crippen LogP contribution in [0.3, 0.4) is 0 Å². The lowest BCUT2D eigenvalue weighted by Crippen LogP contribution is -2.22. The number of benzene rings is 1. The predicted molar refractivity (Wildman–Crippen MR) is 60.0 cm³/mol. The van der Waals surface area contributed by atoms with Crippen molar-refractivity contribution in [2.24, 2.45) is 10.8 Å². The molecule has 0 fully saturated rings. The van der Waals surface area contributed by atoms with Crippen LogP contribution in [-0.2, 0) is 0 Å². The van der Waals surface area contributed by atoms with Crippen LogP contribution in [0.5, 0.6) is 0 Å². The van der Waals surface area contributed by atoms with Crippen molar-refractivity contribution >= 4 is 28.8 Å². The third kappa shape index (κ3) is 2.89. The van der Waals surface area contributed by atoms with Crippen molar-refractivity contribution in [2.75, 3.05) is 5.43 Å². The van der Waals surface area contributed by atoms with Gasteiger partial charge in [0, 0.05) is 0 Å². The first-order valence-corrected chi connectivity index (χ1v) is 4.57. The van der Waals surface area contributed by atoms with Gasteiger partial charge >= 0.3 is 0 Å². The number of hydrogen-bond donors (Lipinski definition) is 3. The van der Waals surface area contributed by atoms with Gasteiger partial charge in [0.2, 0.25) is 5.71 Å². The lowest BCUT2D eigenvalue weighted by molar-refractivity contribution is 0.603. The highest BCUT2D eigenvalue weighted by Crippen LogP contribution is 2.27. The second-order valence-corrected chi connectivity index (χ2v) is 3.19. The summed E-state index contributed by atoms with van der Waals surface area (Å²) in [5.41, 5.74) is 6.16. The summed E-state index contributed by atoms with van der Waals surface area (Å²) in [7, 11) is 0. The van der Waals surface area contributed by atoms with E-state index in [1.165, 1.54) is 6.07 Å². The molecule has 0 atom stereocenters. The number of nitrogens with one attached hydrogen (secondary N) is 2. The van der Waals surface area contributed by atoms with Crippen LogP contribution in [0.1, 0.15) is 0 Å². The standard InChI is InChI=1S/C9H6ClF2N5/c10-7-4(11)1-2-5(12)8(7)17-16-6(3-13)9(14)15/h1-2,17H,(H3,14,15)/b16-6+. The van der Waals surface area contributed by atoms with Crippen LogP contribution in [-0.4, -0.2) is 11.5 Å². The molecular weight excluding hydrogens is 252 g/mol. The van der Waals surface area contributed by atoms with E-state index in [4.69, 9.17) is 28.0 Å². The summed E-state index contributed by atoms with van der Waals surface area (Å²) in [6, 6.07) is 3.20. The minimum absolute atomic E-state index is 0.430. The van der Waals surface area contributed by atoms with E-state index in [1.807, 2.05) is 0 Å². The Morgan fingerprint density at radius 2 is 2.06 bits per heavy atom. The molecule has 8 heteroatoms. The highest BCUT2D eigenvalue weighted by Gasteiger charge is 2.12. The number of amidine groups is 1. The fourth-order valence-corrected chi connectivity index (χ4v) is 1.08. The minimum Gasteiger partial charge on any atom is -0.382 e. The average molecular weight is 258 g/mol. The van der Waals surface area contributed by atoms with Crippen LogP contribution in [0.4, 0.5) is 14.5 Å². The highest BCUT2D eigenvalue weighted by atomic mass is 35.5. The number of hydrazone groups is 1. The monoisotopic (exact) mass is 257 g/mol. The van der Waals surface area contributed by atoms with Crippen molar-refractivity contribution in [3.63, 3.8) is 0 Å². The van der Waals surface area contributed by atoms with Crippen molar-refractivity contribution in [2.45, 2.75) is 0 Å². The number of nitrogens with zero attached hydrogens (tertiary/aromatic N) is 2. The van der Waals surface area contributed by atoms with Crippen molar-refractivity contribution < 1.29 is 8.78 Å². The second-order valence-electron chi connectivity index (χ2n) is 2.82. The molecule has 0 radical (unpaired) electrons. The second kappa shape index (κ2) is 5.23. The Morgan fingerprint density at radius 1 is 1.47 bits per heavy atom. The number of nitriles is 1. The van der Waals surface area contributed by atoms with Gasteiger partial charge in [-0.15, -0.1) is 0 Å². The van der Waals surface area contributed by atoms with Crippen molar-refractivity contribution in [3.05, 3.63) is 28.8 Å². The molecule has 0 unspecified atom stereocenters. The van der Waals surface area contributed by atoms with Gasteiger partial charge in [-0.25, -0.2) is 8.78 Å². The zero-order valence-electron chi connectivity index (χ0n) is 8.26. The van der Waals surface area contributed by atoms with Gasteiger partial charge in [-0.05, 0) is 12.1 Å². The number of nitrogens with two attached hydrogens (primary N) is 1. The molecule has 0 heterocycles. The summed E-state index contributed by atoms with van der Waals surface area (Å²) >= 11 is 5.49. The number of anilines is 1. The van der Waals surface area contributed by atoms with Crippen LogP contribution in [0.2, 0.25) is 5.02 Å². The van der Waals surface area contributed by atoms with Crippen molar-refractivity contribution in [1.29, 1.82) is 10.7 Å². The van der Waals surface area contributed by atoms with Gasteiger partial charge in [-0.2, -0.15) is 10.4 Å². The van der Waals surface area contributed by atoms with Crippen LogP contribution in [0, 0.1) is 28.4 Å². The highest BCUT2D eigenvalue weighted by molar-refractivity contribution is 6.45. The lowest BCUT2D eigenvalue weighted by atomic mass is 10.3. The normalized spacial score (nSPS) is 10.8. The topological polar surface area (TPSA) is 98.0 Å². The van der Waals surface area contributed by atoms with Gasteiger partial charge in [-0.3, -0.25) is 10.8 Å². The van der Waals surface area contributed by atoms with E-state index >= 15 is 0 Å². The molecule has 1 rings (SSSR count).